The summed E-state index contributed by atoms with van der Waals surface area (Å²) in [6, 6.07) is 0. The van der Waals surface area contributed by atoms with Crippen molar-refractivity contribution in [1.82, 2.24) is 0 Å². The molecule has 138 valence electrons. The molecule has 1 saturated heterocycles. The fourth-order valence-electron chi connectivity index (χ4n) is 2.56. The average Bonchev–Trinajstić information content (AvgIpc) is 2.88. The van der Waals surface area contributed by atoms with Gasteiger partial charge in [-0.3, -0.25) is 4.74 Å². The van der Waals surface area contributed by atoms with E-state index in [2.05, 4.69) is 0 Å². The predicted molar refractivity (Wildman–Crippen MR) is 90.1 cm³/mol. The highest BCUT2D eigenvalue weighted by Crippen LogP contribution is 2.31. The summed E-state index contributed by atoms with van der Waals surface area (Å²) >= 11 is 0. The lowest BCUT2D eigenvalue weighted by Gasteiger charge is -2.36. The Morgan fingerprint density at radius 2 is 1.78 bits per heavy atom. The molecule has 6 nitrogen and oxygen atoms in total. The van der Waals surface area contributed by atoms with Crippen LogP contribution in [0, 0.1) is 0 Å². The molecule has 0 aromatic heterocycles. The van der Waals surface area contributed by atoms with E-state index in [4.69, 9.17) is 27.8 Å². The van der Waals surface area contributed by atoms with Crippen LogP contribution in [0.4, 0.5) is 0 Å². The highest BCUT2D eigenvalue weighted by atomic mass is 28.4. The average molecular weight is 351 g/mol. The van der Waals surface area contributed by atoms with Crippen LogP contribution in [0.25, 0.3) is 0 Å². The van der Waals surface area contributed by atoms with Gasteiger partial charge in [-0.25, -0.2) is 0 Å². The molecule has 0 aliphatic carbocycles. The summed E-state index contributed by atoms with van der Waals surface area (Å²) in [5, 5.41) is 0. The monoisotopic (exact) mass is 350 g/mol. The maximum Gasteiger partial charge on any atom is 0.364 e. The molecule has 0 saturated carbocycles. The largest absolute Gasteiger partial charge is 0.393 e. The molecule has 1 heterocycles. The fraction of sp³-hybridized carbons (Fsp3) is 1.00. The third-order valence-electron chi connectivity index (χ3n) is 3.95. The molecule has 4 atom stereocenters. The minimum atomic E-state index is -2.42. The van der Waals surface area contributed by atoms with Crippen molar-refractivity contribution >= 4 is 8.56 Å². The molecular formula is C16H34O6Si. The summed E-state index contributed by atoms with van der Waals surface area (Å²) in [5.41, 5.74) is -0.167. The second-order valence-electron chi connectivity index (χ2n) is 5.89. The molecule has 0 bridgehead atoms. The first kappa shape index (κ1) is 21.0. The van der Waals surface area contributed by atoms with Gasteiger partial charge in [0, 0.05) is 19.6 Å². The van der Waals surface area contributed by atoms with Crippen LogP contribution in [0.5, 0.6) is 0 Å². The molecule has 1 aliphatic heterocycles. The summed E-state index contributed by atoms with van der Waals surface area (Å²) in [6.45, 7) is 15.7. The van der Waals surface area contributed by atoms with E-state index >= 15 is 0 Å². The van der Waals surface area contributed by atoms with Gasteiger partial charge in [0.15, 0.2) is 6.29 Å². The second kappa shape index (κ2) is 9.46. The van der Waals surface area contributed by atoms with E-state index < -0.39 is 20.8 Å². The van der Waals surface area contributed by atoms with E-state index in [0.29, 0.717) is 32.7 Å². The molecule has 4 unspecified atom stereocenters. The quantitative estimate of drug-likeness (QED) is 0.421. The van der Waals surface area contributed by atoms with Gasteiger partial charge in [0.05, 0.1) is 12.7 Å². The van der Waals surface area contributed by atoms with Crippen LogP contribution in [0.3, 0.4) is 0 Å². The van der Waals surface area contributed by atoms with E-state index in [1.54, 1.807) is 0 Å². The highest BCUT2D eigenvalue weighted by Gasteiger charge is 2.45. The molecule has 0 radical (unpaired) electrons. The number of hydrogen-bond donors (Lipinski definition) is 0. The lowest BCUT2D eigenvalue weighted by molar-refractivity contribution is -0.388. The maximum atomic E-state index is 6.12. The summed E-state index contributed by atoms with van der Waals surface area (Å²) in [5.74, 6) is -1.00. The fourth-order valence-corrected chi connectivity index (χ4v) is 4.66. The van der Waals surface area contributed by atoms with Gasteiger partial charge < -0.3 is 23.1 Å². The minimum absolute atomic E-state index is 0.0244. The Bertz CT molecular complexity index is 337. The van der Waals surface area contributed by atoms with Crippen molar-refractivity contribution in [2.24, 2.45) is 0 Å². The van der Waals surface area contributed by atoms with Crippen molar-refractivity contribution in [3.8, 4) is 0 Å². The zero-order chi connectivity index (χ0) is 17.5. The van der Waals surface area contributed by atoms with Crippen LogP contribution in [0.1, 0.15) is 54.4 Å². The maximum absolute atomic E-state index is 6.12. The Kier molecular flexibility index (Phi) is 8.64. The molecule has 0 aromatic rings. The lowest BCUT2D eigenvalue weighted by Crippen LogP contribution is -2.53. The van der Waals surface area contributed by atoms with Crippen LogP contribution in [-0.4, -0.2) is 52.5 Å². The van der Waals surface area contributed by atoms with Crippen LogP contribution < -0.4 is 0 Å². The Morgan fingerprint density at radius 1 is 1.17 bits per heavy atom. The molecule has 0 N–H and O–H groups in total. The molecule has 23 heavy (non-hydrogen) atoms. The third kappa shape index (κ3) is 5.77. The van der Waals surface area contributed by atoms with Crippen molar-refractivity contribution in [3.05, 3.63) is 0 Å². The van der Waals surface area contributed by atoms with Crippen molar-refractivity contribution < 1.29 is 27.8 Å². The zero-order valence-electron chi connectivity index (χ0n) is 15.7. The third-order valence-corrected chi connectivity index (χ3v) is 7.29. The number of hydrogen-bond acceptors (Lipinski definition) is 6. The van der Waals surface area contributed by atoms with Crippen LogP contribution in [0.2, 0.25) is 6.55 Å². The first-order chi connectivity index (χ1) is 10.8. The van der Waals surface area contributed by atoms with Crippen LogP contribution in [-0.2, 0) is 27.8 Å². The van der Waals surface area contributed by atoms with E-state index in [9.17, 15) is 0 Å². The summed E-state index contributed by atoms with van der Waals surface area (Å²) in [4.78, 5) is 0. The summed E-state index contributed by atoms with van der Waals surface area (Å²) in [7, 11) is -2.42. The molecule has 0 aromatic carbocycles. The highest BCUT2D eigenvalue weighted by molar-refractivity contribution is 6.67. The molecular weight excluding hydrogens is 316 g/mol. The van der Waals surface area contributed by atoms with Gasteiger partial charge >= 0.3 is 8.56 Å². The van der Waals surface area contributed by atoms with Gasteiger partial charge in [0.1, 0.15) is 5.73 Å². The predicted octanol–water partition coefficient (Wildman–Crippen LogP) is 3.33. The lowest BCUT2D eigenvalue weighted by atomic mass is 10.4. The van der Waals surface area contributed by atoms with E-state index in [1.165, 1.54) is 0 Å². The molecule has 0 amide bonds. The topological polar surface area (TPSA) is 55.4 Å². The molecule has 7 heteroatoms. The van der Waals surface area contributed by atoms with Crippen LogP contribution >= 0.6 is 0 Å². The Labute approximate surface area is 142 Å². The van der Waals surface area contributed by atoms with Crippen molar-refractivity contribution in [1.29, 1.82) is 0 Å². The second-order valence-corrected chi connectivity index (χ2v) is 9.31. The molecule has 0 spiro atoms. The molecule has 1 rings (SSSR count). The van der Waals surface area contributed by atoms with Gasteiger partial charge in [0.25, 0.3) is 5.97 Å². The number of ether oxygens (including phenoxy) is 4. The Balaban J connectivity index is 2.70. The van der Waals surface area contributed by atoms with E-state index in [1.807, 2.05) is 48.1 Å². The van der Waals surface area contributed by atoms with E-state index in [0.717, 1.165) is 0 Å². The molecule has 1 fully saturated rings. The standard InChI is InChI=1S/C16H34O6Si/c1-8-15(22-16(9-2)17-12-13(5)21-16)20-14(6)23(7,18-10-3)19-11-4/h13-15H,8-12H2,1-7H3. The minimum Gasteiger partial charge on any atom is -0.393 e. The Hall–Kier alpha value is -0.0231. The van der Waals surface area contributed by atoms with Gasteiger partial charge in [0.2, 0.25) is 0 Å². The normalized spacial score (nSPS) is 28.0. The van der Waals surface area contributed by atoms with Gasteiger partial charge in [-0.05, 0) is 40.7 Å². The molecule has 1 aliphatic rings. The van der Waals surface area contributed by atoms with Gasteiger partial charge in [-0.1, -0.05) is 13.8 Å². The first-order valence-electron chi connectivity index (χ1n) is 8.77. The SMILES string of the molecule is CCO[Si](C)(OCC)C(C)OC(CC)OC1(CC)OCC(C)O1. The van der Waals surface area contributed by atoms with Gasteiger partial charge in [-0.15, -0.1) is 0 Å². The smallest absolute Gasteiger partial charge is 0.364 e. The first-order valence-corrected chi connectivity index (χ1v) is 11.2. The van der Waals surface area contributed by atoms with Crippen molar-refractivity contribution in [2.45, 2.75) is 85.0 Å². The van der Waals surface area contributed by atoms with E-state index in [-0.39, 0.29) is 11.8 Å². The number of rotatable bonds is 11. The Morgan fingerprint density at radius 3 is 2.17 bits per heavy atom. The van der Waals surface area contributed by atoms with Gasteiger partial charge in [-0.2, -0.15) is 0 Å². The summed E-state index contributed by atoms with van der Waals surface area (Å²) in [6.07, 6.45) is 0.895. The van der Waals surface area contributed by atoms with Crippen molar-refractivity contribution in [3.63, 3.8) is 0 Å². The zero-order valence-corrected chi connectivity index (χ0v) is 16.7. The van der Waals surface area contributed by atoms with Crippen LogP contribution in [0.15, 0.2) is 0 Å². The summed E-state index contributed by atoms with van der Waals surface area (Å²) < 4.78 is 35.5. The van der Waals surface area contributed by atoms with Crippen molar-refractivity contribution in [2.75, 3.05) is 19.8 Å².